The zero-order valence-corrected chi connectivity index (χ0v) is 11.3. The number of hydrogen-bond acceptors (Lipinski definition) is 3. The van der Waals surface area contributed by atoms with E-state index in [4.69, 9.17) is 5.73 Å². The second kappa shape index (κ2) is 6.60. The van der Waals surface area contributed by atoms with E-state index in [2.05, 4.69) is 11.8 Å². The van der Waals surface area contributed by atoms with Crippen LogP contribution in [-0.4, -0.2) is 41.9 Å². The normalized spacial score (nSPS) is 14.7. The molecule has 1 saturated heterocycles. The molecule has 19 heavy (non-hydrogen) atoms. The van der Waals surface area contributed by atoms with Gasteiger partial charge in [-0.25, -0.2) is 4.39 Å². The highest BCUT2D eigenvalue weighted by Gasteiger charge is 2.21. The van der Waals surface area contributed by atoms with Gasteiger partial charge in [0.2, 0.25) is 0 Å². The molecular weight excluding hydrogens is 263 g/mol. The van der Waals surface area contributed by atoms with Gasteiger partial charge in [-0.05, 0) is 18.2 Å². The van der Waals surface area contributed by atoms with Crippen molar-refractivity contribution in [2.75, 3.05) is 31.1 Å². The standard InChI is InChI=1S/C14H15FN2OS/c15-13-10-11(2-1-5-16)3-4-12(13)14(18)17-6-8-19-9-7-17/h3-4,10H,5-9,16H2. The number of hydrogen-bond donors (Lipinski definition) is 1. The largest absolute Gasteiger partial charge is 0.337 e. The van der Waals surface area contributed by atoms with Gasteiger partial charge < -0.3 is 10.6 Å². The molecule has 1 aromatic carbocycles. The summed E-state index contributed by atoms with van der Waals surface area (Å²) in [7, 11) is 0. The third-order valence-corrected chi connectivity index (χ3v) is 3.78. The summed E-state index contributed by atoms with van der Waals surface area (Å²) >= 11 is 1.81. The first-order valence-electron chi connectivity index (χ1n) is 6.08. The molecule has 2 rings (SSSR count). The van der Waals surface area contributed by atoms with E-state index in [1.54, 1.807) is 11.0 Å². The lowest BCUT2D eigenvalue weighted by molar-refractivity contribution is 0.0767. The molecule has 0 saturated carbocycles. The van der Waals surface area contributed by atoms with Crippen LogP contribution in [0, 0.1) is 17.7 Å². The average Bonchev–Trinajstić information content (AvgIpc) is 2.45. The predicted molar refractivity (Wildman–Crippen MR) is 75.6 cm³/mol. The van der Waals surface area contributed by atoms with Crippen LogP contribution in [0.15, 0.2) is 18.2 Å². The van der Waals surface area contributed by atoms with Crippen LogP contribution < -0.4 is 5.73 Å². The Morgan fingerprint density at radius 3 is 2.79 bits per heavy atom. The Morgan fingerprint density at radius 1 is 1.42 bits per heavy atom. The first kappa shape index (κ1) is 13.9. The number of nitrogens with zero attached hydrogens (tertiary/aromatic N) is 1. The van der Waals surface area contributed by atoms with Gasteiger partial charge in [0.05, 0.1) is 12.1 Å². The molecule has 0 radical (unpaired) electrons. The lowest BCUT2D eigenvalue weighted by atomic mass is 10.1. The molecular formula is C14H15FN2OS. The molecule has 1 heterocycles. The van der Waals surface area contributed by atoms with E-state index in [0.717, 1.165) is 11.5 Å². The van der Waals surface area contributed by atoms with Crippen LogP contribution in [0.5, 0.6) is 0 Å². The summed E-state index contributed by atoms with van der Waals surface area (Å²) < 4.78 is 13.9. The minimum absolute atomic E-state index is 0.116. The quantitative estimate of drug-likeness (QED) is 0.788. The van der Waals surface area contributed by atoms with E-state index >= 15 is 0 Å². The number of halogens is 1. The van der Waals surface area contributed by atoms with E-state index in [9.17, 15) is 9.18 Å². The van der Waals surface area contributed by atoms with Gasteiger partial charge in [-0.2, -0.15) is 11.8 Å². The zero-order chi connectivity index (χ0) is 13.7. The summed E-state index contributed by atoms with van der Waals surface area (Å²) in [5.74, 6) is 6.46. The Morgan fingerprint density at radius 2 is 2.16 bits per heavy atom. The highest BCUT2D eigenvalue weighted by Crippen LogP contribution is 2.16. The molecule has 0 unspecified atom stereocenters. The maximum atomic E-state index is 13.9. The number of carbonyl (C=O) groups excluding carboxylic acids is 1. The SMILES string of the molecule is NCC#Cc1ccc(C(=O)N2CCSCC2)c(F)c1. The van der Waals surface area contributed by atoms with Crippen LogP contribution in [0.1, 0.15) is 15.9 Å². The van der Waals surface area contributed by atoms with Gasteiger partial charge in [0.25, 0.3) is 5.91 Å². The molecule has 3 nitrogen and oxygen atoms in total. The fraction of sp³-hybridized carbons (Fsp3) is 0.357. The number of nitrogens with two attached hydrogens (primary N) is 1. The van der Waals surface area contributed by atoms with Crippen LogP contribution in [0.3, 0.4) is 0 Å². The molecule has 1 aromatic rings. The van der Waals surface area contributed by atoms with Crippen molar-refractivity contribution in [2.45, 2.75) is 0 Å². The van der Waals surface area contributed by atoms with Crippen LogP contribution in [0.25, 0.3) is 0 Å². The number of amides is 1. The Kier molecular flexibility index (Phi) is 4.83. The van der Waals surface area contributed by atoms with E-state index < -0.39 is 5.82 Å². The van der Waals surface area contributed by atoms with Crippen molar-refractivity contribution >= 4 is 17.7 Å². The Bertz CT molecular complexity index is 530. The van der Waals surface area contributed by atoms with Crippen molar-refractivity contribution in [1.82, 2.24) is 4.90 Å². The van der Waals surface area contributed by atoms with Crippen molar-refractivity contribution in [3.8, 4) is 11.8 Å². The van der Waals surface area contributed by atoms with E-state index in [1.807, 2.05) is 11.8 Å². The van der Waals surface area contributed by atoms with Crippen LogP contribution in [0.2, 0.25) is 0 Å². The molecule has 1 aliphatic rings. The van der Waals surface area contributed by atoms with Crippen molar-refractivity contribution in [1.29, 1.82) is 0 Å². The van der Waals surface area contributed by atoms with Crippen LogP contribution >= 0.6 is 11.8 Å². The third kappa shape index (κ3) is 3.49. The van der Waals surface area contributed by atoms with Gasteiger partial charge in [-0.15, -0.1) is 0 Å². The topological polar surface area (TPSA) is 46.3 Å². The Balaban J connectivity index is 2.18. The number of carbonyl (C=O) groups is 1. The monoisotopic (exact) mass is 278 g/mol. The second-order valence-electron chi connectivity index (χ2n) is 4.11. The maximum absolute atomic E-state index is 13.9. The summed E-state index contributed by atoms with van der Waals surface area (Å²) in [6.07, 6.45) is 0. The van der Waals surface area contributed by atoms with Crippen molar-refractivity contribution in [2.24, 2.45) is 5.73 Å². The molecule has 0 bridgehead atoms. The molecule has 0 spiro atoms. The van der Waals surface area contributed by atoms with Gasteiger partial charge in [0, 0.05) is 30.2 Å². The van der Waals surface area contributed by atoms with Crippen LogP contribution in [0.4, 0.5) is 4.39 Å². The fourth-order valence-electron chi connectivity index (χ4n) is 1.86. The lowest BCUT2D eigenvalue weighted by Crippen LogP contribution is -2.38. The van der Waals surface area contributed by atoms with E-state index in [0.29, 0.717) is 18.7 Å². The molecule has 5 heteroatoms. The molecule has 0 atom stereocenters. The minimum Gasteiger partial charge on any atom is -0.337 e. The summed E-state index contributed by atoms with van der Waals surface area (Å²) in [6, 6.07) is 4.44. The lowest BCUT2D eigenvalue weighted by Gasteiger charge is -2.26. The first-order chi connectivity index (χ1) is 9.22. The minimum atomic E-state index is -0.521. The third-order valence-electron chi connectivity index (χ3n) is 2.83. The predicted octanol–water partition coefficient (Wildman–Crippen LogP) is 1.32. The summed E-state index contributed by atoms with van der Waals surface area (Å²) in [6.45, 7) is 1.59. The average molecular weight is 278 g/mol. The van der Waals surface area contributed by atoms with E-state index in [1.165, 1.54) is 12.1 Å². The molecule has 0 aromatic heterocycles. The second-order valence-corrected chi connectivity index (χ2v) is 5.33. The Hall–Kier alpha value is -1.51. The van der Waals surface area contributed by atoms with Gasteiger partial charge >= 0.3 is 0 Å². The summed E-state index contributed by atoms with van der Waals surface area (Å²) in [5.41, 5.74) is 5.91. The van der Waals surface area contributed by atoms with Gasteiger partial charge in [0.15, 0.2) is 0 Å². The zero-order valence-electron chi connectivity index (χ0n) is 10.5. The summed E-state index contributed by atoms with van der Waals surface area (Å²) in [5, 5.41) is 0. The molecule has 1 aliphatic heterocycles. The molecule has 100 valence electrons. The smallest absolute Gasteiger partial charge is 0.256 e. The van der Waals surface area contributed by atoms with Crippen molar-refractivity contribution in [3.05, 3.63) is 35.1 Å². The highest BCUT2D eigenvalue weighted by atomic mass is 32.2. The fourth-order valence-corrected chi connectivity index (χ4v) is 2.76. The van der Waals surface area contributed by atoms with Crippen molar-refractivity contribution in [3.63, 3.8) is 0 Å². The summed E-state index contributed by atoms with van der Waals surface area (Å²) in [4.78, 5) is 13.9. The maximum Gasteiger partial charge on any atom is 0.256 e. The molecule has 1 amide bonds. The van der Waals surface area contributed by atoms with Gasteiger partial charge in [0.1, 0.15) is 5.82 Å². The van der Waals surface area contributed by atoms with Gasteiger partial charge in [-0.1, -0.05) is 11.8 Å². The van der Waals surface area contributed by atoms with E-state index in [-0.39, 0.29) is 18.0 Å². The molecule has 0 aliphatic carbocycles. The van der Waals surface area contributed by atoms with Crippen LogP contribution in [-0.2, 0) is 0 Å². The number of rotatable bonds is 1. The van der Waals surface area contributed by atoms with Crippen molar-refractivity contribution < 1.29 is 9.18 Å². The first-order valence-corrected chi connectivity index (χ1v) is 7.23. The number of thioether (sulfide) groups is 1. The molecule has 2 N–H and O–H groups in total. The highest BCUT2D eigenvalue weighted by molar-refractivity contribution is 7.99. The molecule has 1 fully saturated rings. The number of benzene rings is 1. The Labute approximate surface area is 116 Å². The van der Waals surface area contributed by atoms with Gasteiger partial charge in [-0.3, -0.25) is 4.79 Å².